The lowest BCUT2D eigenvalue weighted by atomic mass is 10.00. The van der Waals surface area contributed by atoms with Gasteiger partial charge in [0.2, 0.25) is 0 Å². The molecule has 1 aliphatic rings. The largest absolute Gasteiger partial charge is 0.439 e. The van der Waals surface area contributed by atoms with E-state index in [0.717, 1.165) is 10.0 Å². The number of cyclic esters (lactones) is 1. The number of alkyl carbamates (subject to hydrolysis) is 1. The molecule has 3 rings (SSSR count). The van der Waals surface area contributed by atoms with Crippen LogP contribution in [0.3, 0.4) is 0 Å². The Morgan fingerprint density at radius 2 is 2.00 bits per heavy atom. The van der Waals surface area contributed by atoms with E-state index in [9.17, 15) is 9.18 Å². The summed E-state index contributed by atoms with van der Waals surface area (Å²) in [5.41, 5.74) is 1.40. The van der Waals surface area contributed by atoms with Gasteiger partial charge >= 0.3 is 6.09 Å². The smallest absolute Gasteiger partial charge is 0.408 e. The molecule has 1 aliphatic heterocycles. The lowest BCUT2D eigenvalue weighted by Gasteiger charge is -2.16. The highest BCUT2D eigenvalue weighted by Gasteiger charge is 2.37. The zero-order valence-corrected chi connectivity index (χ0v) is 11.8. The number of pyridine rings is 1. The summed E-state index contributed by atoms with van der Waals surface area (Å²) in [7, 11) is 0. The molecule has 1 amide bonds. The number of hydrogen-bond donors (Lipinski definition) is 1. The zero-order chi connectivity index (χ0) is 14.1. The average molecular weight is 337 g/mol. The summed E-state index contributed by atoms with van der Waals surface area (Å²) in [6.07, 6.45) is 0.613. The predicted molar refractivity (Wildman–Crippen MR) is 73.4 cm³/mol. The normalized spacial score (nSPS) is 21.4. The van der Waals surface area contributed by atoms with Gasteiger partial charge in [0.25, 0.3) is 0 Å². The molecule has 102 valence electrons. The number of benzene rings is 1. The van der Waals surface area contributed by atoms with Crippen molar-refractivity contribution in [3.8, 4) is 0 Å². The fraction of sp³-hybridized carbons (Fsp3) is 0.143. The summed E-state index contributed by atoms with van der Waals surface area (Å²) in [5, 5.41) is 2.72. The monoisotopic (exact) mass is 336 g/mol. The molecule has 1 aromatic carbocycles. The van der Waals surface area contributed by atoms with Crippen molar-refractivity contribution in [2.75, 3.05) is 0 Å². The third kappa shape index (κ3) is 2.51. The van der Waals surface area contributed by atoms with E-state index < -0.39 is 18.2 Å². The minimum Gasteiger partial charge on any atom is -0.439 e. The van der Waals surface area contributed by atoms with Crippen molar-refractivity contribution in [3.05, 3.63) is 64.1 Å². The number of carbonyl (C=O) groups is 1. The Labute approximate surface area is 123 Å². The Morgan fingerprint density at radius 3 is 2.70 bits per heavy atom. The van der Waals surface area contributed by atoms with Crippen LogP contribution in [0.1, 0.15) is 23.4 Å². The van der Waals surface area contributed by atoms with E-state index in [0.29, 0.717) is 5.69 Å². The van der Waals surface area contributed by atoms with Gasteiger partial charge in [-0.1, -0.05) is 28.1 Å². The fourth-order valence-corrected chi connectivity index (χ4v) is 2.51. The van der Waals surface area contributed by atoms with Crippen LogP contribution in [0.4, 0.5) is 9.18 Å². The molecule has 1 aromatic heterocycles. The van der Waals surface area contributed by atoms with Crippen molar-refractivity contribution in [2.24, 2.45) is 0 Å². The molecule has 0 unspecified atom stereocenters. The van der Waals surface area contributed by atoms with Crippen LogP contribution < -0.4 is 5.32 Å². The zero-order valence-electron chi connectivity index (χ0n) is 10.2. The number of aromatic nitrogens is 1. The van der Waals surface area contributed by atoms with Crippen molar-refractivity contribution in [3.63, 3.8) is 0 Å². The fourth-order valence-electron chi connectivity index (χ4n) is 2.15. The number of rotatable bonds is 2. The van der Waals surface area contributed by atoms with Gasteiger partial charge in [-0.15, -0.1) is 0 Å². The van der Waals surface area contributed by atoms with E-state index in [1.807, 2.05) is 6.07 Å². The number of ether oxygens (including phenoxy) is 1. The summed E-state index contributed by atoms with van der Waals surface area (Å²) in [5.74, 6) is -0.330. The van der Waals surface area contributed by atoms with Crippen molar-refractivity contribution in [1.82, 2.24) is 10.3 Å². The van der Waals surface area contributed by atoms with Gasteiger partial charge in [0.05, 0.1) is 5.69 Å². The lowest BCUT2D eigenvalue weighted by Crippen LogP contribution is -2.20. The topological polar surface area (TPSA) is 51.2 Å². The van der Waals surface area contributed by atoms with Crippen LogP contribution >= 0.6 is 15.9 Å². The molecule has 2 heterocycles. The van der Waals surface area contributed by atoms with E-state index in [2.05, 4.69) is 26.2 Å². The van der Waals surface area contributed by atoms with Crippen molar-refractivity contribution in [2.45, 2.75) is 12.1 Å². The Bertz CT molecular complexity index is 648. The van der Waals surface area contributed by atoms with Gasteiger partial charge in [-0.25, -0.2) is 9.18 Å². The number of carbonyl (C=O) groups excluding carboxylic acids is 1. The van der Waals surface area contributed by atoms with Crippen LogP contribution in [0.15, 0.2) is 47.1 Å². The second kappa shape index (κ2) is 5.20. The van der Waals surface area contributed by atoms with E-state index in [-0.39, 0.29) is 5.82 Å². The minimum absolute atomic E-state index is 0.330. The average Bonchev–Trinajstić information content (AvgIpc) is 2.82. The third-order valence-electron chi connectivity index (χ3n) is 3.07. The van der Waals surface area contributed by atoms with Crippen LogP contribution in [0.25, 0.3) is 0 Å². The van der Waals surface area contributed by atoms with Crippen molar-refractivity contribution in [1.29, 1.82) is 0 Å². The standard InChI is InChI=1S/C14H10BrFN2O2/c15-9-5-6-17-11(7-9)12-13(20-14(19)18-12)8-1-3-10(16)4-2-8/h1-7,12-13H,(H,18,19)/t12-,13-/m1/s1. The highest BCUT2D eigenvalue weighted by molar-refractivity contribution is 9.10. The Balaban J connectivity index is 1.96. The summed E-state index contributed by atoms with van der Waals surface area (Å²) in [6, 6.07) is 9.10. The van der Waals surface area contributed by atoms with Gasteiger partial charge in [-0.2, -0.15) is 0 Å². The molecule has 0 saturated carbocycles. The lowest BCUT2D eigenvalue weighted by molar-refractivity contribution is 0.132. The molecule has 20 heavy (non-hydrogen) atoms. The van der Waals surface area contributed by atoms with Gasteiger partial charge in [-0.3, -0.25) is 4.98 Å². The summed E-state index contributed by atoms with van der Waals surface area (Å²) < 4.78 is 19.1. The number of nitrogens with one attached hydrogen (secondary N) is 1. The molecule has 0 radical (unpaired) electrons. The van der Waals surface area contributed by atoms with Crippen LogP contribution in [-0.4, -0.2) is 11.1 Å². The molecule has 1 N–H and O–H groups in total. The second-order valence-corrected chi connectivity index (χ2v) is 5.31. The number of hydrogen-bond acceptors (Lipinski definition) is 3. The van der Waals surface area contributed by atoms with E-state index in [1.165, 1.54) is 12.1 Å². The van der Waals surface area contributed by atoms with Crippen molar-refractivity contribution < 1.29 is 13.9 Å². The summed E-state index contributed by atoms with van der Waals surface area (Å²) in [4.78, 5) is 15.8. The van der Waals surface area contributed by atoms with Gasteiger partial charge in [0.15, 0.2) is 6.10 Å². The highest BCUT2D eigenvalue weighted by Crippen LogP contribution is 2.36. The summed E-state index contributed by atoms with van der Waals surface area (Å²) in [6.45, 7) is 0. The Hall–Kier alpha value is -1.95. The Morgan fingerprint density at radius 1 is 1.25 bits per heavy atom. The minimum atomic E-state index is -0.523. The quantitative estimate of drug-likeness (QED) is 0.912. The molecule has 0 spiro atoms. The molecule has 2 aromatic rings. The van der Waals surface area contributed by atoms with E-state index in [1.54, 1.807) is 24.4 Å². The van der Waals surface area contributed by atoms with E-state index >= 15 is 0 Å². The number of amides is 1. The van der Waals surface area contributed by atoms with Gasteiger partial charge in [0, 0.05) is 10.7 Å². The van der Waals surface area contributed by atoms with Crippen LogP contribution in [0.2, 0.25) is 0 Å². The van der Waals surface area contributed by atoms with Gasteiger partial charge in [0.1, 0.15) is 11.9 Å². The maximum atomic E-state index is 13.0. The molecule has 0 bridgehead atoms. The van der Waals surface area contributed by atoms with Crippen LogP contribution in [-0.2, 0) is 4.74 Å². The molecule has 4 nitrogen and oxygen atoms in total. The molecule has 1 saturated heterocycles. The van der Waals surface area contributed by atoms with Gasteiger partial charge < -0.3 is 10.1 Å². The maximum absolute atomic E-state index is 13.0. The summed E-state index contributed by atoms with van der Waals surface area (Å²) >= 11 is 3.37. The SMILES string of the molecule is O=C1N[C@H](c2cc(Br)ccn2)[C@@H](c2ccc(F)cc2)O1. The van der Waals surface area contributed by atoms with Crippen molar-refractivity contribution >= 4 is 22.0 Å². The molecule has 6 heteroatoms. The highest BCUT2D eigenvalue weighted by atomic mass is 79.9. The third-order valence-corrected chi connectivity index (χ3v) is 3.56. The molecule has 0 aliphatic carbocycles. The van der Waals surface area contributed by atoms with E-state index in [4.69, 9.17) is 4.74 Å². The number of halogens is 2. The first-order valence-corrected chi connectivity index (χ1v) is 6.77. The van der Waals surface area contributed by atoms with Crippen LogP contribution in [0, 0.1) is 5.82 Å². The molecule has 1 fully saturated rings. The van der Waals surface area contributed by atoms with Gasteiger partial charge in [-0.05, 0) is 29.8 Å². The first kappa shape index (κ1) is 13.1. The first-order chi connectivity index (χ1) is 9.63. The second-order valence-electron chi connectivity index (χ2n) is 4.40. The maximum Gasteiger partial charge on any atom is 0.408 e. The molecule has 2 atom stereocenters. The predicted octanol–water partition coefficient (Wildman–Crippen LogP) is 3.51. The van der Waals surface area contributed by atoms with Crippen LogP contribution in [0.5, 0.6) is 0 Å². The first-order valence-electron chi connectivity index (χ1n) is 5.97. The molecular weight excluding hydrogens is 327 g/mol. The molecular formula is C14H10BrFN2O2. The number of nitrogens with zero attached hydrogens (tertiary/aromatic N) is 1. The Kier molecular flexibility index (Phi) is 3.40.